The summed E-state index contributed by atoms with van der Waals surface area (Å²) < 4.78 is 5.11. The molecule has 1 rings (SSSR count). The van der Waals surface area contributed by atoms with Gasteiger partial charge < -0.3 is 9.84 Å². The number of hydrogen-bond donors (Lipinski definition) is 1. The van der Waals surface area contributed by atoms with Crippen molar-refractivity contribution in [2.24, 2.45) is 0 Å². The number of hydrogen-bond acceptors (Lipinski definition) is 3. The smallest absolute Gasteiger partial charge is 0.339 e. The Bertz CT molecular complexity index is 393. The summed E-state index contributed by atoms with van der Waals surface area (Å²) in [5.41, 5.74) is 0.330. The van der Waals surface area contributed by atoms with Gasteiger partial charge in [0, 0.05) is 0 Å². The number of carbonyl (C=O) groups is 1. The molecule has 0 fully saturated rings. The van der Waals surface area contributed by atoms with Gasteiger partial charge in [-0.15, -0.1) is 0 Å². The van der Waals surface area contributed by atoms with Crippen LogP contribution in [0.2, 0.25) is 0 Å². The van der Waals surface area contributed by atoms with Crippen molar-refractivity contribution in [2.75, 3.05) is 6.61 Å². The largest absolute Gasteiger partial charge is 0.493 e. The van der Waals surface area contributed by atoms with Gasteiger partial charge in [0.1, 0.15) is 11.3 Å². The second kappa shape index (κ2) is 4.28. The van der Waals surface area contributed by atoms with Crippen molar-refractivity contribution in [1.29, 1.82) is 5.26 Å². The third-order valence-corrected chi connectivity index (χ3v) is 1.64. The Morgan fingerprint density at radius 2 is 2.36 bits per heavy atom. The zero-order valence-electron chi connectivity index (χ0n) is 7.65. The van der Waals surface area contributed by atoms with Gasteiger partial charge in [-0.1, -0.05) is 0 Å². The van der Waals surface area contributed by atoms with E-state index in [1.54, 1.807) is 6.92 Å². The molecule has 0 spiro atoms. The van der Waals surface area contributed by atoms with Gasteiger partial charge in [0.15, 0.2) is 0 Å². The lowest BCUT2D eigenvalue weighted by atomic mass is 10.1. The second-order valence-electron chi connectivity index (χ2n) is 2.56. The normalized spacial score (nSPS) is 9.14. The van der Waals surface area contributed by atoms with E-state index < -0.39 is 5.97 Å². The summed E-state index contributed by atoms with van der Waals surface area (Å²) in [5.74, 6) is -0.801. The van der Waals surface area contributed by atoms with Crippen molar-refractivity contribution < 1.29 is 14.6 Å². The topological polar surface area (TPSA) is 70.3 Å². The van der Waals surface area contributed by atoms with Gasteiger partial charge in [0.2, 0.25) is 0 Å². The van der Waals surface area contributed by atoms with E-state index in [2.05, 4.69) is 0 Å². The maximum atomic E-state index is 10.8. The Balaban J connectivity index is 3.18. The molecule has 0 aliphatic rings. The third kappa shape index (κ3) is 2.02. The number of carboxylic acid groups (broad SMARTS) is 1. The molecule has 1 aromatic rings. The molecule has 0 unspecified atom stereocenters. The minimum Gasteiger partial charge on any atom is -0.493 e. The van der Waals surface area contributed by atoms with Crippen molar-refractivity contribution >= 4 is 5.97 Å². The molecular weight excluding hydrogens is 182 g/mol. The first-order valence-corrected chi connectivity index (χ1v) is 4.09. The highest BCUT2D eigenvalue weighted by molar-refractivity contribution is 5.91. The summed E-state index contributed by atoms with van der Waals surface area (Å²) >= 11 is 0. The van der Waals surface area contributed by atoms with E-state index in [1.165, 1.54) is 18.2 Å². The second-order valence-corrected chi connectivity index (χ2v) is 2.56. The van der Waals surface area contributed by atoms with E-state index >= 15 is 0 Å². The number of ether oxygens (including phenoxy) is 1. The summed E-state index contributed by atoms with van der Waals surface area (Å²) in [7, 11) is 0. The molecule has 0 amide bonds. The number of nitrogens with zero attached hydrogens (tertiary/aromatic N) is 1. The summed E-state index contributed by atoms with van der Waals surface area (Å²) in [6.07, 6.45) is 0. The van der Waals surface area contributed by atoms with Gasteiger partial charge in [0.05, 0.1) is 18.2 Å². The van der Waals surface area contributed by atoms with E-state index in [0.717, 1.165) is 0 Å². The molecule has 4 heteroatoms. The molecule has 4 nitrogen and oxygen atoms in total. The van der Waals surface area contributed by atoms with E-state index in [9.17, 15) is 4.79 Å². The van der Waals surface area contributed by atoms with Gasteiger partial charge in [0.25, 0.3) is 0 Å². The van der Waals surface area contributed by atoms with E-state index in [1.807, 2.05) is 6.07 Å². The quantitative estimate of drug-likeness (QED) is 0.788. The Kier molecular flexibility index (Phi) is 3.08. The van der Waals surface area contributed by atoms with Crippen molar-refractivity contribution in [3.05, 3.63) is 29.3 Å². The molecule has 0 saturated carbocycles. The summed E-state index contributed by atoms with van der Waals surface area (Å²) in [6.45, 7) is 2.16. The number of nitriles is 1. The van der Waals surface area contributed by atoms with E-state index in [4.69, 9.17) is 15.1 Å². The molecule has 14 heavy (non-hydrogen) atoms. The van der Waals surface area contributed by atoms with Crippen molar-refractivity contribution in [3.63, 3.8) is 0 Å². The van der Waals surface area contributed by atoms with Crippen LogP contribution in [-0.4, -0.2) is 17.7 Å². The zero-order chi connectivity index (χ0) is 10.6. The molecule has 0 aromatic heterocycles. The van der Waals surface area contributed by atoms with Gasteiger partial charge in [-0.25, -0.2) is 4.79 Å². The van der Waals surface area contributed by atoms with E-state index in [-0.39, 0.29) is 5.56 Å². The molecule has 0 bridgehead atoms. The van der Waals surface area contributed by atoms with Crippen LogP contribution in [0.5, 0.6) is 5.75 Å². The fourth-order valence-corrected chi connectivity index (χ4v) is 1.05. The SMILES string of the molecule is CCOc1ccc(C#N)cc1C(=O)O. The standard InChI is InChI=1S/C10H9NO3/c1-2-14-9-4-3-7(6-11)5-8(9)10(12)13/h3-5H,2H2,1H3,(H,12,13). The average molecular weight is 191 g/mol. The van der Waals surface area contributed by atoms with Crippen LogP contribution in [-0.2, 0) is 0 Å². The first-order valence-electron chi connectivity index (χ1n) is 4.09. The molecule has 0 saturated heterocycles. The first kappa shape index (κ1) is 10.1. The molecule has 0 aliphatic heterocycles. The monoisotopic (exact) mass is 191 g/mol. The fourth-order valence-electron chi connectivity index (χ4n) is 1.05. The number of aromatic carboxylic acids is 1. The highest BCUT2D eigenvalue weighted by atomic mass is 16.5. The Labute approximate surface area is 81.4 Å². The van der Waals surface area contributed by atoms with Crippen molar-refractivity contribution in [1.82, 2.24) is 0 Å². The van der Waals surface area contributed by atoms with Crippen LogP contribution >= 0.6 is 0 Å². The zero-order valence-corrected chi connectivity index (χ0v) is 7.65. The molecule has 0 radical (unpaired) electrons. The van der Waals surface area contributed by atoms with Gasteiger partial charge >= 0.3 is 5.97 Å². The van der Waals surface area contributed by atoms with Crippen LogP contribution in [0.25, 0.3) is 0 Å². The lowest BCUT2D eigenvalue weighted by Gasteiger charge is -2.06. The Morgan fingerprint density at radius 1 is 1.64 bits per heavy atom. The predicted molar refractivity (Wildman–Crippen MR) is 49.3 cm³/mol. The lowest BCUT2D eigenvalue weighted by molar-refractivity contribution is 0.0692. The molecule has 0 heterocycles. The fraction of sp³-hybridized carbons (Fsp3) is 0.200. The summed E-state index contributed by atoms with van der Waals surface area (Å²) in [4.78, 5) is 10.8. The predicted octanol–water partition coefficient (Wildman–Crippen LogP) is 1.66. The highest BCUT2D eigenvalue weighted by Crippen LogP contribution is 2.19. The molecular formula is C10H9NO3. The maximum absolute atomic E-state index is 10.8. The number of benzene rings is 1. The highest BCUT2D eigenvalue weighted by Gasteiger charge is 2.11. The minimum absolute atomic E-state index is 0.0194. The van der Waals surface area contributed by atoms with Crippen LogP contribution in [0.4, 0.5) is 0 Å². The van der Waals surface area contributed by atoms with Crippen LogP contribution in [0.3, 0.4) is 0 Å². The van der Waals surface area contributed by atoms with Gasteiger partial charge in [-0.2, -0.15) is 5.26 Å². The van der Waals surface area contributed by atoms with Gasteiger partial charge in [-0.3, -0.25) is 0 Å². The lowest BCUT2D eigenvalue weighted by Crippen LogP contribution is -2.03. The maximum Gasteiger partial charge on any atom is 0.339 e. The third-order valence-electron chi connectivity index (χ3n) is 1.64. The Morgan fingerprint density at radius 3 is 2.86 bits per heavy atom. The molecule has 1 aromatic carbocycles. The van der Waals surface area contributed by atoms with Crippen LogP contribution in [0.15, 0.2) is 18.2 Å². The van der Waals surface area contributed by atoms with Gasteiger partial charge in [-0.05, 0) is 25.1 Å². The number of rotatable bonds is 3. The number of carboxylic acids is 1. The summed E-state index contributed by atoms with van der Waals surface area (Å²) in [6, 6.07) is 6.19. The molecule has 1 N–H and O–H groups in total. The molecule has 0 atom stereocenters. The van der Waals surface area contributed by atoms with Crippen LogP contribution in [0, 0.1) is 11.3 Å². The van der Waals surface area contributed by atoms with Crippen molar-refractivity contribution in [3.8, 4) is 11.8 Å². The van der Waals surface area contributed by atoms with E-state index in [0.29, 0.717) is 17.9 Å². The minimum atomic E-state index is -1.09. The molecule has 0 aliphatic carbocycles. The average Bonchev–Trinajstić information content (AvgIpc) is 2.18. The van der Waals surface area contributed by atoms with Crippen molar-refractivity contribution in [2.45, 2.75) is 6.92 Å². The van der Waals surface area contributed by atoms with Crippen LogP contribution < -0.4 is 4.74 Å². The summed E-state index contributed by atoms with van der Waals surface area (Å²) in [5, 5.41) is 17.4. The Hall–Kier alpha value is -2.02. The van der Waals surface area contributed by atoms with Crippen LogP contribution in [0.1, 0.15) is 22.8 Å². The molecule has 72 valence electrons. The first-order chi connectivity index (χ1) is 6.69.